The Bertz CT molecular complexity index is 600. The van der Waals surface area contributed by atoms with Crippen LogP contribution < -0.4 is 0 Å². The van der Waals surface area contributed by atoms with Crippen molar-refractivity contribution in [3.05, 3.63) is 34.9 Å². The van der Waals surface area contributed by atoms with E-state index in [1.165, 1.54) is 0 Å². The molecule has 1 saturated carbocycles. The van der Waals surface area contributed by atoms with Crippen LogP contribution in [0.1, 0.15) is 31.4 Å². The van der Waals surface area contributed by atoms with Gasteiger partial charge in [-0.05, 0) is 37.5 Å². The van der Waals surface area contributed by atoms with Crippen molar-refractivity contribution in [1.82, 2.24) is 4.31 Å². The van der Waals surface area contributed by atoms with Gasteiger partial charge >= 0.3 is 0 Å². The highest BCUT2D eigenvalue weighted by Crippen LogP contribution is 2.35. The fourth-order valence-electron chi connectivity index (χ4n) is 2.56. The number of hydrogen-bond donors (Lipinski definition) is 0. The van der Waals surface area contributed by atoms with Gasteiger partial charge < -0.3 is 4.74 Å². The summed E-state index contributed by atoms with van der Waals surface area (Å²) < 4.78 is 32.3. The highest BCUT2D eigenvalue weighted by atomic mass is 35.5. The van der Waals surface area contributed by atoms with Crippen LogP contribution in [0.25, 0.3) is 0 Å². The monoisotopic (exact) mass is 315 g/mol. The minimum absolute atomic E-state index is 0.101. The smallest absolute Gasteiger partial charge is 0.217 e. The molecule has 3 rings (SSSR count). The third-order valence-corrected chi connectivity index (χ3v) is 6.58. The number of rotatable bonds is 3. The molecule has 2 atom stereocenters. The Hall–Kier alpha value is -0.620. The summed E-state index contributed by atoms with van der Waals surface area (Å²) >= 11 is 5.99. The number of morpholine rings is 1. The van der Waals surface area contributed by atoms with Crippen molar-refractivity contribution in [2.45, 2.75) is 37.2 Å². The van der Waals surface area contributed by atoms with Gasteiger partial charge in [-0.2, -0.15) is 4.31 Å². The van der Waals surface area contributed by atoms with Crippen molar-refractivity contribution in [2.75, 3.05) is 13.2 Å². The molecule has 1 aromatic carbocycles. The lowest BCUT2D eigenvalue weighted by molar-refractivity contribution is -0.0289. The molecule has 1 saturated heterocycles. The molecule has 0 N–H and O–H groups in total. The van der Waals surface area contributed by atoms with Gasteiger partial charge in [0.25, 0.3) is 0 Å². The maximum absolute atomic E-state index is 12.4. The van der Waals surface area contributed by atoms with Crippen LogP contribution in [-0.4, -0.2) is 37.2 Å². The summed E-state index contributed by atoms with van der Waals surface area (Å²) in [6.07, 6.45) is 1.33. The summed E-state index contributed by atoms with van der Waals surface area (Å²) in [4.78, 5) is 0. The second-order valence-electron chi connectivity index (χ2n) is 5.54. The molecule has 0 aromatic heterocycles. The summed E-state index contributed by atoms with van der Waals surface area (Å²) in [5.74, 6) is 0. The van der Waals surface area contributed by atoms with Crippen LogP contribution in [-0.2, 0) is 14.8 Å². The molecule has 0 bridgehead atoms. The second kappa shape index (κ2) is 5.30. The summed E-state index contributed by atoms with van der Waals surface area (Å²) in [7, 11) is -3.17. The second-order valence-corrected chi connectivity index (χ2v) is 8.14. The van der Waals surface area contributed by atoms with Gasteiger partial charge in [-0.1, -0.05) is 23.7 Å². The van der Waals surface area contributed by atoms with Crippen molar-refractivity contribution in [3.8, 4) is 0 Å². The zero-order chi connectivity index (χ0) is 14.3. The third kappa shape index (κ3) is 2.72. The minimum Gasteiger partial charge on any atom is -0.370 e. The third-order valence-electron chi connectivity index (χ3n) is 3.87. The molecule has 1 aliphatic carbocycles. The summed E-state index contributed by atoms with van der Waals surface area (Å²) in [5.41, 5.74) is 0.931. The zero-order valence-electron chi connectivity index (χ0n) is 11.3. The van der Waals surface area contributed by atoms with E-state index in [2.05, 4.69) is 0 Å². The van der Waals surface area contributed by atoms with Crippen LogP contribution in [0.5, 0.6) is 0 Å². The molecule has 0 amide bonds. The van der Waals surface area contributed by atoms with Crippen LogP contribution in [0, 0.1) is 0 Å². The van der Waals surface area contributed by atoms with E-state index in [0.717, 1.165) is 18.4 Å². The SMILES string of the molecule is C[C@H]1CO[C@H](c2cccc(Cl)c2)CN1S(=O)(=O)C1CC1. The Morgan fingerprint density at radius 1 is 1.35 bits per heavy atom. The van der Waals surface area contributed by atoms with Crippen molar-refractivity contribution >= 4 is 21.6 Å². The lowest BCUT2D eigenvalue weighted by atomic mass is 10.1. The first-order chi connectivity index (χ1) is 9.48. The van der Waals surface area contributed by atoms with Crippen molar-refractivity contribution in [3.63, 3.8) is 0 Å². The summed E-state index contributed by atoms with van der Waals surface area (Å²) in [6.45, 7) is 2.69. The lowest BCUT2D eigenvalue weighted by Gasteiger charge is -2.37. The molecule has 4 nitrogen and oxygen atoms in total. The Kier molecular flexibility index (Phi) is 3.79. The van der Waals surface area contributed by atoms with E-state index < -0.39 is 10.0 Å². The molecule has 1 aromatic rings. The predicted octanol–water partition coefficient (Wildman–Crippen LogP) is 2.59. The minimum atomic E-state index is -3.17. The molecule has 1 aliphatic heterocycles. The highest BCUT2D eigenvalue weighted by Gasteiger charge is 2.44. The predicted molar refractivity (Wildman–Crippen MR) is 78.3 cm³/mol. The topological polar surface area (TPSA) is 46.6 Å². The molecule has 1 heterocycles. The van der Waals surface area contributed by atoms with Crippen LogP contribution in [0.3, 0.4) is 0 Å². The molecule has 2 aliphatic rings. The van der Waals surface area contributed by atoms with Gasteiger partial charge in [0.05, 0.1) is 18.0 Å². The molecule has 0 spiro atoms. The molecule has 0 unspecified atom stereocenters. The molecule has 110 valence electrons. The quantitative estimate of drug-likeness (QED) is 0.861. The van der Waals surface area contributed by atoms with Crippen molar-refractivity contribution in [1.29, 1.82) is 0 Å². The van der Waals surface area contributed by atoms with Crippen LogP contribution >= 0.6 is 11.6 Å². The van der Waals surface area contributed by atoms with E-state index in [9.17, 15) is 8.42 Å². The molecule has 20 heavy (non-hydrogen) atoms. The number of nitrogens with zero attached hydrogens (tertiary/aromatic N) is 1. The van der Waals surface area contributed by atoms with Gasteiger partial charge in [0, 0.05) is 17.6 Å². The van der Waals surface area contributed by atoms with E-state index in [-0.39, 0.29) is 17.4 Å². The van der Waals surface area contributed by atoms with E-state index in [1.807, 2.05) is 25.1 Å². The number of hydrogen-bond acceptors (Lipinski definition) is 3. The largest absolute Gasteiger partial charge is 0.370 e. The van der Waals surface area contributed by atoms with Gasteiger partial charge in [0.2, 0.25) is 10.0 Å². The maximum Gasteiger partial charge on any atom is 0.217 e. The maximum atomic E-state index is 12.4. The standard InChI is InChI=1S/C14H18ClNO3S/c1-10-9-19-14(11-3-2-4-12(15)7-11)8-16(10)20(17,18)13-5-6-13/h2-4,7,10,13-14H,5-6,8-9H2,1H3/t10-,14-/m0/s1. The van der Waals surface area contributed by atoms with Gasteiger partial charge in [0.15, 0.2) is 0 Å². The summed E-state index contributed by atoms with van der Waals surface area (Å²) in [6, 6.07) is 7.32. The van der Waals surface area contributed by atoms with E-state index >= 15 is 0 Å². The van der Waals surface area contributed by atoms with Gasteiger partial charge in [-0.3, -0.25) is 0 Å². The van der Waals surface area contributed by atoms with Gasteiger partial charge in [0.1, 0.15) is 0 Å². The average Bonchev–Trinajstić information content (AvgIpc) is 3.23. The van der Waals surface area contributed by atoms with Gasteiger partial charge in [-0.15, -0.1) is 0 Å². The van der Waals surface area contributed by atoms with Crippen LogP contribution in [0.15, 0.2) is 24.3 Å². The molecule has 0 radical (unpaired) electrons. The zero-order valence-corrected chi connectivity index (χ0v) is 12.9. The normalized spacial score (nSPS) is 28.5. The van der Waals surface area contributed by atoms with Crippen LogP contribution in [0.2, 0.25) is 5.02 Å². The summed E-state index contributed by atoms with van der Waals surface area (Å²) in [5, 5.41) is 0.462. The number of ether oxygens (including phenoxy) is 1. The number of benzene rings is 1. The average molecular weight is 316 g/mol. The first-order valence-corrected chi connectivity index (χ1v) is 8.74. The Balaban J connectivity index is 1.83. The van der Waals surface area contributed by atoms with Gasteiger partial charge in [-0.25, -0.2) is 8.42 Å². The molecular weight excluding hydrogens is 298 g/mol. The molecular formula is C14H18ClNO3S. The number of halogens is 1. The molecule has 6 heteroatoms. The Labute approximate surface area is 124 Å². The van der Waals surface area contributed by atoms with E-state index in [0.29, 0.717) is 18.2 Å². The Morgan fingerprint density at radius 2 is 2.10 bits per heavy atom. The lowest BCUT2D eigenvalue weighted by Crippen LogP contribution is -2.49. The van der Waals surface area contributed by atoms with E-state index in [1.54, 1.807) is 10.4 Å². The van der Waals surface area contributed by atoms with E-state index in [4.69, 9.17) is 16.3 Å². The first-order valence-electron chi connectivity index (χ1n) is 6.86. The fourth-order valence-corrected chi connectivity index (χ4v) is 4.77. The number of sulfonamides is 1. The fraction of sp³-hybridized carbons (Fsp3) is 0.571. The van der Waals surface area contributed by atoms with Crippen molar-refractivity contribution in [2.24, 2.45) is 0 Å². The van der Waals surface area contributed by atoms with Crippen molar-refractivity contribution < 1.29 is 13.2 Å². The Morgan fingerprint density at radius 3 is 2.75 bits per heavy atom. The first kappa shape index (κ1) is 14.3. The molecule has 2 fully saturated rings. The highest BCUT2D eigenvalue weighted by molar-refractivity contribution is 7.90. The van der Waals surface area contributed by atoms with Crippen LogP contribution in [0.4, 0.5) is 0 Å².